The molecule has 5 heteroatoms. The minimum Gasteiger partial charge on any atom is -0.504 e. The number of benzene rings is 1. The molecule has 0 saturated carbocycles. The van der Waals surface area contributed by atoms with Crippen molar-refractivity contribution in [1.82, 2.24) is 0 Å². The fraction of sp³-hybridized carbons (Fsp3) is 0.400. The number of ether oxygens (including phenoxy) is 1. The third kappa shape index (κ3) is 2.49. The highest BCUT2D eigenvalue weighted by Gasteiger charge is 2.16. The number of aromatic hydroxyl groups is 3. The second-order valence-corrected chi connectivity index (χ2v) is 3.96. The lowest BCUT2D eigenvalue weighted by molar-refractivity contribution is 0.183. The molecule has 1 aromatic carbocycles. The smallest absolute Gasteiger partial charge is 0.200 e. The van der Waals surface area contributed by atoms with Gasteiger partial charge in [0.1, 0.15) is 0 Å². The van der Waals surface area contributed by atoms with E-state index in [0.29, 0.717) is 16.9 Å². The van der Waals surface area contributed by atoms with Crippen LogP contribution in [0.5, 0.6) is 17.2 Å². The molecule has 0 heterocycles. The molecule has 0 radical (unpaired) electrons. The monoisotopic (exact) mass is 230 g/mol. The summed E-state index contributed by atoms with van der Waals surface area (Å²) in [6.07, 6.45) is 1.89. The molecule has 0 saturated heterocycles. The summed E-state index contributed by atoms with van der Waals surface area (Å²) in [4.78, 5) is 0. The summed E-state index contributed by atoms with van der Waals surface area (Å²) in [5.41, 5.74) is 1.28. The van der Waals surface area contributed by atoms with Crippen molar-refractivity contribution in [2.24, 2.45) is 0 Å². The largest absolute Gasteiger partial charge is 0.504 e. The second kappa shape index (κ2) is 5.14. The van der Waals surface area contributed by atoms with Gasteiger partial charge in [0.15, 0.2) is 11.5 Å². The molecule has 0 fully saturated rings. The maximum absolute atomic E-state index is 9.64. The minimum atomic E-state index is -0.473. The summed E-state index contributed by atoms with van der Waals surface area (Å²) in [7, 11) is 1.53. The van der Waals surface area contributed by atoms with Gasteiger partial charge >= 0.3 is 0 Å². The van der Waals surface area contributed by atoms with E-state index in [-0.39, 0.29) is 18.1 Å². The third-order valence-corrected chi connectivity index (χ3v) is 2.62. The zero-order valence-electron chi connectivity index (χ0n) is 8.65. The molecule has 0 aliphatic heterocycles. The average Bonchev–Trinajstić information content (AvgIpc) is 2.21. The molecule has 15 heavy (non-hydrogen) atoms. The van der Waals surface area contributed by atoms with Crippen LogP contribution in [0.15, 0.2) is 6.07 Å². The van der Waals surface area contributed by atoms with Crippen LogP contribution >= 0.6 is 11.8 Å². The van der Waals surface area contributed by atoms with E-state index in [1.54, 1.807) is 0 Å². The Morgan fingerprint density at radius 3 is 2.47 bits per heavy atom. The zero-order chi connectivity index (χ0) is 11.4. The van der Waals surface area contributed by atoms with Crippen molar-refractivity contribution in [3.63, 3.8) is 0 Å². The molecular formula is C10H14O4S. The van der Waals surface area contributed by atoms with E-state index in [2.05, 4.69) is 0 Å². The van der Waals surface area contributed by atoms with Gasteiger partial charge in [-0.1, -0.05) is 0 Å². The summed E-state index contributed by atoms with van der Waals surface area (Å²) in [6, 6.07) is 1.41. The normalized spacial score (nSPS) is 10.5. The maximum atomic E-state index is 9.64. The van der Waals surface area contributed by atoms with E-state index in [1.807, 2.05) is 6.26 Å². The Hall–Kier alpha value is -1.07. The second-order valence-electron chi connectivity index (χ2n) is 3.10. The Bertz CT molecular complexity index is 352. The van der Waals surface area contributed by atoms with Gasteiger partial charge in [0.25, 0.3) is 0 Å². The van der Waals surface area contributed by atoms with Gasteiger partial charge in [-0.15, -0.1) is 0 Å². The average molecular weight is 230 g/mol. The van der Waals surface area contributed by atoms with Gasteiger partial charge in [0.2, 0.25) is 5.75 Å². The van der Waals surface area contributed by atoms with E-state index in [4.69, 9.17) is 4.74 Å². The Kier molecular flexibility index (Phi) is 4.11. The molecule has 84 valence electrons. The Morgan fingerprint density at radius 2 is 1.93 bits per heavy atom. The van der Waals surface area contributed by atoms with Crippen molar-refractivity contribution in [2.45, 2.75) is 12.4 Å². The van der Waals surface area contributed by atoms with Crippen LogP contribution in [0, 0.1) is 0 Å². The van der Waals surface area contributed by atoms with E-state index in [9.17, 15) is 15.3 Å². The van der Waals surface area contributed by atoms with Crippen molar-refractivity contribution >= 4 is 11.8 Å². The van der Waals surface area contributed by atoms with Crippen LogP contribution in [0.3, 0.4) is 0 Å². The predicted octanol–water partition coefficient (Wildman–Crippen LogP) is 1.81. The van der Waals surface area contributed by atoms with Crippen molar-refractivity contribution in [1.29, 1.82) is 0 Å². The number of phenolic OH excluding ortho intramolecular Hbond substituents is 3. The van der Waals surface area contributed by atoms with E-state index < -0.39 is 5.75 Å². The quantitative estimate of drug-likeness (QED) is 0.688. The summed E-state index contributed by atoms with van der Waals surface area (Å²) in [5, 5.41) is 28.3. The number of thioether (sulfide) groups is 1. The molecule has 0 aromatic heterocycles. The first-order valence-corrected chi connectivity index (χ1v) is 5.74. The number of hydrogen-bond acceptors (Lipinski definition) is 5. The van der Waals surface area contributed by atoms with E-state index in [1.165, 1.54) is 24.9 Å². The lowest BCUT2D eigenvalue weighted by atomic mass is 10.1. The van der Waals surface area contributed by atoms with Crippen molar-refractivity contribution in [2.75, 3.05) is 13.4 Å². The van der Waals surface area contributed by atoms with Crippen LogP contribution in [0.25, 0.3) is 0 Å². The lowest BCUT2D eigenvalue weighted by Gasteiger charge is -2.12. The van der Waals surface area contributed by atoms with Gasteiger partial charge in [-0.25, -0.2) is 0 Å². The molecule has 4 nitrogen and oxygen atoms in total. The highest BCUT2D eigenvalue weighted by Crippen LogP contribution is 2.41. The molecule has 0 aliphatic carbocycles. The topological polar surface area (TPSA) is 69.9 Å². The van der Waals surface area contributed by atoms with E-state index in [0.717, 1.165) is 0 Å². The standard InChI is InChI=1S/C10H14O4S/c1-14-4-6-3-8(11)10(13)9(12)7(6)5-15-2/h3,11-13H,4-5H2,1-2H3. The fourth-order valence-electron chi connectivity index (χ4n) is 1.33. The first-order valence-electron chi connectivity index (χ1n) is 4.35. The van der Waals surface area contributed by atoms with Crippen molar-refractivity contribution in [3.8, 4) is 17.2 Å². The van der Waals surface area contributed by atoms with Crippen molar-refractivity contribution in [3.05, 3.63) is 17.2 Å². The number of hydrogen-bond donors (Lipinski definition) is 3. The molecule has 0 amide bonds. The number of methoxy groups -OCH3 is 1. The Labute approximate surface area is 92.5 Å². The maximum Gasteiger partial charge on any atom is 0.200 e. The first kappa shape index (κ1) is 12.0. The lowest BCUT2D eigenvalue weighted by Crippen LogP contribution is -1.95. The fourth-order valence-corrected chi connectivity index (χ4v) is 1.94. The van der Waals surface area contributed by atoms with Gasteiger partial charge < -0.3 is 20.1 Å². The van der Waals surface area contributed by atoms with Gasteiger partial charge in [0.05, 0.1) is 6.61 Å². The van der Waals surface area contributed by atoms with E-state index >= 15 is 0 Å². The van der Waals surface area contributed by atoms with Crippen LogP contribution in [0.1, 0.15) is 11.1 Å². The molecule has 1 aromatic rings. The summed E-state index contributed by atoms with van der Waals surface area (Å²) in [5.74, 6) is -0.516. The summed E-state index contributed by atoms with van der Waals surface area (Å²) in [6.45, 7) is 0.289. The van der Waals surface area contributed by atoms with Gasteiger partial charge in [-0.3, -0.25) is 0 Å². The SMILES string of the molecule is COCc1cc(O)c(O)c(O)c1CSC. The molecule has 3 N–H and O–H groups in total. The highest BCUT2D eigenvalue weighted by molar-refractivity contribution is 7.97. The molecule has 1 rings (SSSR count). The molecule has 0 atom stereocenters. The Balaban J connectivity index is 3.23. The molecule has 0 spiro atoms. The van der Waals surface area contributed by atoms with Crippen LogP contribution < -0.4 is 0 Å². The van der Waals surface area contributed by atoms with Gasteiger partial charge in [0, 0.05) is 18.4 Å². The minimum absolute atomic E-state index is 0.267. The van der Waals surface area contributed by atoms with Crippen molar-refractivity contribution < 1.29 is 20.1 Å². The van der Waals surface area contributed by atoms with Gasteiger partial charge in [-0.2, -0.15) is 11.8 Å². The third-order valence-electron chi connectivity index (χ3n) is 2.04. The summed E-state index contributed by atoms with van der Waals surface area (Å²) >= 11 is 1.52. The zero-order valence-corrected chi connectivity index (χ0v) is 9.47. The molecular weight excluding hydrogens is 216 g/mol. The highest BCUT2D eigenvalue weighted by atomic mass is 32.2. The Morgan fingerprint density at radius 1 is 1.27 bits per heavy atom. The molecule has 0 aliphatic rings. The molecule has 0 unspecified atom stereocenters. The number of phenols is 3. The van der Waals surface area contributed by atoms with Crippen LogP contribution in [-0.4, -0.2) is 28.7 Å². The summed E-state index contributed by atoms with van der Waals surface area (Å²) < 4.78 is 4.95. The molecule has 0 bridgehead atoms. The van der Waals surface area contributed by atoms with Gasteiger partial charge in [-0.05, 0) is 17.9 Å². The van der Waals surface area contributed by atoms with Crippen LogP contribution in [0.2, 0.25) is 0 Å². The van der Waals surface area contributed by atoms with Crippen LogP contribution in [-0.2, 0) is 17.1 Å². The van der Waals surface area contributed by atoms with Crippen LogP contribution in [0.4, 0.5) is 0 Å². The predicted molar refractivity (Wildman–Crippen MR) is 59.4 cm³/mol. The first-order chi connectivity index (χ1) is 7.11. The number of rotatable bonds is 4.